The minimum atomic E-state index is 0.0708. The van der Waals surface area contributed by atoms with E-state index in [0.29, 0.717) is 6.54 Å². The number of methoxy groups -OCH3 is 1. The normalized spacial score (nSPS) is 22.2. The van der Waals surface area contributed by atoms with Crippen molar-refractivity contribution in [1.82, 2.24) is 19.7 Å². The Kier molecular flexibility index (Phi) is 3.75. The van der Waals surface area contributed by atoms with Crippen molar-refractivity contribution in [3.05, 3.63) is 41.5 Å². The van der Waals surface area contributed by atoms with Gasteiger partial charge in [0.2, 0.25) is 5.91 Å². The first-order valence-electron chi connectivity index (χ1n) is 8.55. The van der Waals surface area contributed by atoms with Gasteiger partial charge in [-0.15, -0.1) is 10.2 Å². The monoisotopic (exact) mass is 326 g/mol. The highest BCUT2D eigenvalue weighted by molar-refractivity contribution is 5.83. The zero-order chi connectivity index (χ0) is 16.7. The number of benzene rings is 1. The molecule has 126 valence electrons. The molecule has 1 aromatic heterocycles. The lowest BCUT2D eigenvalue weighted by atomic mass is 10.1. The average Bonchev–Trinajstić information content (AvgIpc) is 3.32. The lowest BCUT2D eigenvalue weighted by molar-refractivity contribution is -0.134. The zero-order valence-electron chi connectivity index (χ0n) is 14.1. The van der Waals surface area contributed by atoms with E-state index in [1.54, 1.807) is 7.11 Å². The summed E-state index contributed by atoms with van der Waals surface area (Å²) in [6.07, 6.45) is 1.78. The number of rotatable bonds is 4. The summed E-state index contributed by atoms with van der Waals surface area (Å²) >= 11 is 0. The van der Waals surface area contributed by atoms with Gasteiger partial charge in [0.05, 0.1) is 13.7 Å². The molecule has 2 atom stereocenters. The number of carbonyl (C=O) groups is 1. The maximum absolute atomic E-state index is 12.9. The van der Waals surface area contributed by atoms with Crippen LogP contribution in [0.4, 0.5) is 0 Å². The van der Waals surface area contributed by atoms with Crippen LogP contribution in [0.5, 0.6) is 5.75 Å². The van der Waals surface area contributed by atoms with E-state index in [1.165, 1.54) is 0 Å². The molecule has 6 heteroatoms. The van der Waals surface area contributed by atoms with Crippen LogP contribution in [0.25, 0.3) is 0 Å². The van der Waals surface area contributed by atoms with E-state index in [1.807, 2.05) is 23.1 Å². The minimum absolute atomic E-state index is 0.0708. The van der Waals surface area contributed by atoms with Gasteiger partial charge >= 0.3 is 0 Å². The summed E-state index contributed by atoms with van der Waals surface area (Å²) in [6, 6.07) is 8.00. The summed E-state index contributed by atoms with van der Waals surface area (Å²) in [6.45, 7) is 4.19. The second-order valence-electron chi connectivity index (χ2n) is 6.49. The quantitative estimate of drug-likeness (QED) is 0.862. The van der Waals surface area contributed by atoms with Crippen LogP contribution in [-0.2, 0) is 24.3 Å². The maximum Gasteiger partial charge on any atom is 0.226 e. The first kappa shape index (κ1) is 15.2. The largest absolute Gasteiger partial charge is 0.496 e. The van der Waals surface area contributed by atoms with E-state index in [0.717, 1.165) is 48.9 Å². The van der Waals surface area contributed by atoms with Crippen molar-refractivity contribution in [2.24, 2.45) is 5.92 Å². The molecule has 1 aromatic carbocycles. The van der Waals surface area contributed by atoms with E-state index in [4.69, 9.17) is 4.74 Å². The standard InChI is InChI=1S/C18H22N4O2/c1-3-16-19-20-17-11-21(8-9-22(16)17)18(23)14-10-13(14)12-6-4-5-7-15(12)24-2/h4-7,13-14H,3,8-11H2,1-2H3/t13-,14-/m0/s1. The average molecular weight is 326 g/mol. The SMILES string of the molecule is CCc1nnc2n1CCN(C(=O)[C@H]1C[C@H]1c1ccccc1OC)C2. The van der Waals surface area contributed by atoms with Crippen molar-refractivity contribution >= 4 is 5.91 Å². The van der Waals surface area contributed by atoms with Gasteiger partial charge < -0.3 is 14.2 Å². The number of ether oxygens (including phenoxy) is 1. The number of fused-ring (bicyclic) bond motifs is 1. The van der Waals surface area contributed by atoms with Gasteiger partial charge in [-0.1, -0.05) is 25.1 Å². The summed E-state index contributed by atoms with van der Waals surface area (Å²) in [7, 11) is 1.68. The summed E-state index contributed by atoms with van der Waals surface area (Å²) in [5.74, 6) is 3.37. The number of hydrogen-bond acceptors (Lipinski definition) is 4. The van der Waals surface area contributed by atoms with Crippen molar-refractivity contribution in [2.45, 2.75) is 38.8 Å². The van der Waals surface area contributed by atoms with Gasteiger partial charge in [-0.25, -0.2) is 0 Å². The Balaban J connectivity index is 1.46. The fourth-order valence-corrected chi connectivity index (χ4v) is 3.69. The number of aryl methyl sites for hydroxylation is 1. The number of hydrogen-bond donors (Lipinski definition) is 0. The maximum atomic E-state index is 12.9. The predicted octanol–water partition coefficient (Wildman–Crippen LogP) is 2.00. The lowest BCUT2D eigenvalue weighted by Crippen LogP contribution is -2.39. The zero-order valence-corrected chi connectivity index (χ0v) is 14.1. The topological polar surface area (TPSA) is 60.2 Å². The Morgan fingerprint density at radius 3 is 2.92 bits per heavy atom. The molecule has 4 rings (SSSR count). The molecule has 24 heavy (non-hydrogen) atoms. The fraction of sp³-hybridized carbons (Fsp3) is 0.500. The fourth-order valence-electron chi connectivity index (χ4n) is 3.69. The van der Waals surface area contributed by atoms with E-state index < -0.39 is 0 Å². The molecule has 2 aliphatic rings. The van der Waals surface area contributed by atoms with Gasteiger partial charge in [0.15, 0.2) is 5.82 Å². The van der Waals surface area contributed by atoms with Crippen molar-refractivity contribution in [2.75, 3.05) is 13.7 Å². The van der Waals surface area contributed by atoms with Crippen molar-refractivity contribution in [3.63, 3.8) is 0 Å². The number of nitrogens with zero attached hydrogens (tertiary/aromatic N) is 4. The highest BCUT2D eigenvalue weighted by Crippen LogP contribution is 2.51. The molecule has 0 bridgehead atoms. The molecule has 1 saturated carbocycles. The van der Waals surface area contributed by atoms with Crippen LogP contribution < -0.4 is 4.74 Å². The Morgan fingerprint density at radius 1 is 1.29 bits per heavy atom. The van der Waals surface area contributed by atoms with Gasteiger partial charge in [0, 0.05) is 25.4 Å². The summed E-state index contributed by atoms with van der Waals surface area (Å²) in [4.78, 5) is 14.8. The Hall–Kier alpha value is -2.37. The third-order valence-corrected chi connectivity index (χ3v) is 5.10. The lowest BCUT2D eigenvalue weighted by Gasteiger charge is -2.28. The molecule has 1 aliphatic heterocycles. The van der Waals surface area contributed by atoms with Gasteiger partial charge in [0.25, 0.3) is 0 Å². The molecule has 1 amide bonds. The van der Waals surface area contributed by atoms with Crippen LogP contribution in [-0.4, -0.2) is 39.2 Å². The van der Waals surface area contributed by atoms with Crippen LogP contribution in [0.1, 0.15) is 36.5 Å². The van der Waals surface area contributed by atoms with Crippen LogP contribution in [0.15, 0.2) is 24.3 Å². The first-order valence-corrected chi connectivity index (χ1v) is 8.55. The molecule has 2 heterocycles. The Labute approximate surface area is 141 Å². The van der Waals surface area contributed by atoms with Crippen molar-refractivity contribution in [1.29, 1.82) is 0 Å². The number of carbonyl (C=O) groups excluding carboxylic acids is 1. The second kappa shape index (κ2) is 5.92. The molecule has 6 nitrogen and oxygen atoms in total. The molecule has 0 N–H and O–H groups in total. The molecule has 0 spiro atoms. The van der Waals surface area contributed by atoms with Gasteiger partial charge in [-0.05, 0) is 24.0 Å². The first-order chi connectivity index (χ1) is 11.7. The highest BCUT2D eigenvalue weighted by atomic mass is 16.5. The molecule has 1 fully saturated rings. The van der Waals surface area contributed by atoms with Crippen LogP contribution >= 0.6 is 0 Å². The molecule has 0 unspecified atom stereocenters. The predicted molar refractivity (Wildman–Crippen MR) is 88.7 cm³/mol. The summed E-state index contributed by atoms with van der Waals surface area (Å²) in [5.41, 5.74) is 1.15. The molecule has 0 radical (unpaired) electrons. The van der Waals surface area contributed by atoms with E-state index in [9.17, 15) is 4.79 Å². The molecular weight excluding hydrogens is 304 g/mol. The third kappa shape index (κ3) is 2.46. The number of aromatic nitrogens is 3. The molecule has 2 aromatic rings. The summed E-state index contributed by atoms with van der Waals surface area (Å²) < 4.78 is 7.58. The number of para-hydroxylation sites is 1. The van der Waals surface area contributed by atoms with Gasteiger partial charge in [-0.2, -0.15) is 0 Å². The van der Waals surface area contributed by atoms with Gasteiger partial charge in [-0.3, -0.25) is 4.79 Å². The number of amides is 1. The van der Waals surface area contributed by atoms with Crippen molar-refractivity contribution in [3.8, 4) is 5.75 Å². The van der Waals surface area contributed by atoms with Crippen LogP contribution in [0.3, 0.4) is 0 Å². The van der Waals surface area contributed by atoms with Crippen molar-refractivity contribution < 1.29 is 9.53 Å². The third-order valence-electron chi connectivity index (χ3n) is 5.10. The van der Waals surface area contributed by atoms with Crippen LogP contribution in [0, 0.1) is 5.92 Å². The van der Waals surface area contributed by atoms with E-state index in [2.05, 4.69) is 27.8 Å². The molecule has 0 saturated heterocycles. The van der Waals surface area contributed by atoms with E-state index >= 15 is 0 Å². The smallest absolute Gasteiger partial charge is 0.226 e. The van der Waals surface area contributed by atoms with E-state index in [-0.39, 0.29) is 17.7 Å². The summed E-state index contributed by atoms with van der Waals surface area (Å²) in [5, 5.41) is 8.46. The Morgan fingerprint density at radius 2 is 2.12 bits per heavy atom. The Bertz CT molecular complexity index is 770. The van der Waals surface area contributed by atoms with Gasteiger partial charge in [0.1, 0.15) is 11.6 Å². The minimum Gasteiger partial charge on any atom is -0.496 e. The molecule has 1 aliphatic carbocycles. The molecular formula is C18H22N4O2. The second-order valence-corrected chi connectivity index (χ2v) is 6.49. The van der Waals surface area contributed by atoms with Crippen LogP contribution in [0.2, 0.25) is 0 Å². The highest BCUT2D eigenvalue weighted by Gasteiger charge is 2.47.